The number of hydrogen-bond acceptors (Lipinski definition) is 4. The Morgan fingerprint density at radius 3 is 2.79 bits per heavy atom. The first-order valence-electron chi connectivity index (χ1n) is 6.27. The van der Waals surface area contributed by atoms with Crippen molar-refractivity contribution in [2.24, 2.45) is 0 Å². The number of hydrogen-bond donors (Lipinski definition) is 1. The van der Waals surface area contributed by atoms with E-state index in [1.807, 2.05) is 4.90 Å². The molecule has 106 valence electrons. The third-order valence-corrected chi connectivity index (χ3v) is 3.27. The van der Waals surface area contributed by atoms with Crippen LogP contribution in [0, 0.1) is 6.92 Å². The van der Waals surface area contributed by atoms with Crippen molar-refractivity contribution in [3.05, 3.63) is 17.6 Å². The zero-order valence-electron chi connectivity index (χ0n) is 10.7. The summed E-state index contributed by atoms with van der Waals surface area (Å²) in [5.41, 5.74) is 6.39. The molecule has 1 saturated heterocycles. The predicted molar refractivity (Wildman–Crippen MR) is 65.4 cm³/mol. The molecule has 7 heteroatoms. The first-order valence-corrected chi connectivity index (χ1v) is 6.27. The van der Waals surface area contributed by atoms with Gasteiger partial charge in [-0.2, -0.15) is 13.2 Å². The molecule has 1 atom stereocenters. The van der Waals surface area contributed by atoms with Crippen LogP contribution >= 0.6 is 0 Å². The van der Waals surface area contributed by atoms with E-state index in [1.165, 1.54) is 0 Å². The summed E-state index contributed by atoms with van der Waals surface area (Å²) in [6, 6.07) is 1.58. The van der Waals surface area contributed by atoms with Crippen LogP contribution < -0.4 is 5.73 Å². The van der Waals surface area contributed by atoms with E-state index >= 15 is 0 Å². The Kier molecular flexibility index (Phi) is 3.93. The summed E-state index contributed by atoms with van der Waals surface area (Å²) in [5.74, 6) is 0.919. The van der Waals surface area contributed by atoms with E-state index in [4.69, 9.17) is 5.73 Å². The molecule has 2 N–H and O–H groups in total. The molecule has 0 aromatic carbocycles. The highest BCUT2D eigenvalue weighted by atomic mass is 19.4. The smallest absolute Gasteiger partial charge is 0.384 e. The molecule has 1 aliphatic rings. The highest BCUT2D eigenvalue weighted by Gasteiger charge is 2.32. The van der Waals surface area contributed by atoms with Crippen LogP contribution in [0.2, 0.25) is 0 Å². The predicted octanol–water partition coefficient (Wildman–Crippen LogP) is 2.46. The second-order valence-corrected chi connectivity index (χ2v) is 4.82. The van der Waals surface area contributed by atoms with Crippen molar-refractivity contribution >= 4 is 5.82 Å². The number of alkyl halides is 3. The minimum Gasteiger partial charge on any atom is -0.384 e. The number of likely N-dealkylation sites (tertiary alicyclic amines) is 1. The van der Waals surface area contributed by atoms with Crippen LogP contribution in [0.25, 0.3) is 0 Å². The Balaban J connectivity index is 2.09. The zero-order valence-corrected chi connectivity index (χ0v) is 10.7. The fourth-order valence-corrected chi connectivity index (χ4v) is 2.48. The highest BCUT2D eigenvalue weighted by molar-refractivity contribution is 5.31. The van der Waals surface area contributed by atoms with E-state index in [0.717, 1.165) is 18.5 Å². The van der Waals surface area contributed by atoms with Gasteiger partial charge in [-0.05, 0) is 26.3 Å². The monoisotopic (exact) mass is 274 g/mol. The average Bonchev–Trinajstić information content (AvgIpc) is 2.72. The maximum Gasteiger partial charge on any atom is 0.390 e. The summed E-state index contributed by atoms with van der Waals surface area (Å²) >= 11 is 0. The van der Waals surface area contributed by atoms with E-state index in [-0.39, 0.29) is 12.6 Å². The van der Waals surface area contributed by atoms with Gasteiger partial charge in [0.25, 0.3) is 0 Å². The maximum atomic E-state index is 12.3. The van der Waals surface area contributed by atoms with E-state index in [9.17, 15) is 13.2 Å². The Bertz CT molecular complexity index is 427. The van der Waals surface area contributed by atoms with Gasteiger partial charge in [0.2, 0.25) is 0 Å². The largest absolute Gasteiger partial charge is 0.390 e. The van der Waals surface area contributed by atoms with Crippen LogP contribution in [-0.4, -0.2) is 34.1 Å². The molecule has 0 aliphatic carbocycles. The number of halogens is 3. The standard InChI is InChI=1S/C12H17F3N4/c1-8-17-9(7-11(16)18-8)10-3-2-5-19(10)6-4-12(13,14)15/h7,10H,2-6H2,1H3,(H2,16,17,18). The fourth-order valence-electron chi connectivity index (χ4n) is 2.48. The lowest BCUT2D eigenvalue weighted by atomic mass is 10.1. The van der Waals surface area contributed by atoms with Crippen LogP contribution in [0.1, 0.15) is 36.8 Å². The molecule has 1 aromatic heterocycles. The molecule has 0 bridgehead atoms. The molecule has 1 aromatic rings. The molecule has 1 aliphatic heterocycles. The van der Waals surface area contributed by atoms with Crippen LogP contribution in [0.3, 0.4) is 0 Å². The summed E-state index contributed by atoms with van der Waals surface area (Å²) in [6.07, 6.45) is -3.21. The molecule has 0 amide bonds. The molecule has 0 spiro atoms. The number of nitrogens with zero attached hydrogens (tertiary/aromatic N) is 3. The first kappa shape index (κ1) is 14.0. The van der Waals surface area contributed by atoms with Crippen molar-refractivity contribution in [1.82, 2.24) is 14.9 Å². The van der Waals surface area contributed by atoms with Gasteiger partial charge in [0.1, 0.15) is 11.6 Å². The average molecular weight is 274 g/mol. The Morgan fingerprint density at radius 2 is 2.16 bits per heavy atom. The SMILES string of the molecule is Cc1nc(N)cc(C2CCCN2CCC(F)(F)F)n1. The third-order valence-electron chi connectivity index (χ3n) is 3.27. The molecule has 19 heavy (non-hydrogen) atoms. The van der Waals surface area contributed by atoms with Gasteiger partial charge < -0.3 is 5.73 Å². The minimum atomic E-state index is -4.12. The van der Waals surface area contributed by atoms with Crippen LogP contribution in [0.5, 0.6) is 0 Å². The summed E-state index contributed by atoms with van der Waals surface area (Å²) in [5, 5.41) is 0. The van der Waals surface area contributed by atoms with E-state index in [1.54, 1.807) is 13.0 Å². The van der Waals surface area contributed by atoms with Gasteiger partial charge in [-0.15, -0.1) is 0 Å². The maximum absolute atomic E-state index is 12.3. The van der Waals surface area contributed by atoms with Crippen molar-refractivity contribution in [2.75, 3.05) is 18.8 Å². The molecule has 2 heterocycles. The number of anilines is 1. The topological polar surface area (TPSA) is 55.0 Å². The Morgan fingerprint density at radius 1 is 1.42 bits per heavy atom. The van der Waals surface area contributed by atoms with Crippen LogP contribution in [0.4, 0.5) is 19.0 Å². The second kappa shape index (κ2) is 5.32. The summed E-state index contributed by atoms with van der Waals surface area (Å²) in [6.45, 7) is 2.41. The number of nitrogens with two attached hydrogens (primary N) is 1. The van der Waals surface area contributed by atoms with Crippen molar-refractivity contribution in [1.29, 1.82) is 0 Å². The number of rotatable bonds is 3. The fraction of sp³-hybridized carbons (Fsp3) is 0.667. The van der Waals surface area contributed by atoms with Gasteiger partial charge in [0, 0.05) is 12.6 Å². The van der Waals surface area contributed by atoms with Gasteiger partial charge >= 0.3 is 6.18 Å². The molecule has 2 rings (SSSR count). The van der Waals surface area contributed by atoms with Gasteiger partial charge in [-0.3, -0.25) is 4.90 Å². The van der Waals surface area contributed by atoms with Crippen molar-refractivity contribution in [3.63, 3.8) is 0 Å². The normalized spacial score (nSPS) is 20.9. The summed E-state index contributed by atoms with van der Waals surface area (Å²) < 4.78 is 36.9. The van der Waals surface area contributed by atoms with Crippen LogP contribution in [-0.2, 0) is 0 Å². The quantitative estimate of drug-likeness (QED) is 0.920. The zero-order chi connectivity index (χ0) is 14.0. The Hall–Kier alpha value is -1.37. The van der Waals surface area contributed by atoms with Gasteiger partial charge in [0.15, 0.2) is 0 Å². The summed E-state index contributed by atoms with van der Waals surface area (Å²) in [7, 11) is 0. The lowest BCUT2D eigenvalue weighted by Crippen LogP contribution is -2.28. The van der Waals surface area contributed by atoms with Crippen molar-refractivity contribution in [3.8, 4) is 0 Å². The summed E-state index contributed by atoms with van der Waals surface area (Å²) in [4.78, 5) is 10.1. The molecule has 0 saturated carbocycles. The highest BCUT2D eigenvalue weighted by Crippen LogP contribution is 2.32. The van der Waals surface area contributed by atoms with E-state index < -0.39 is 12.6 Å². The number of nitrogen functional groups attached to an aromatic ring is 1. The van der Waals surface area contributed by atoms with E-state index in [2.05, 4.69) is 9.97 Å². The van der Waals surface area contributed by atoms with E-state index in [0.29, 0.717) is 18.2 Å². The molecule has 4 nitrogen and oxygen atoms in total. The Labute approximate surface area is 109 Å². The number of aryl methyl sites for hydroxylation is 1. The molecule has 1 unspecified atom stereocenters. The van der Waals surface area contributed by atoms with Gasteiger partial charge in [-0.25, -0.2) is 9.97 Å². The van der Waals surface area contributed by atoms with Crippen molar-refractivity contribution in [2.45, 2.75) is 38.4 Å². The van der Waals surface area contributed by atoms with Gasteiger partial charge in [0.05, 0.1) is 18.2 Å². The minimum absolute atomic E-state index is 0.0110. The van der Waals surface area contributed by atoms with Gasteiger partial charge in [-0.1, -0.05) is 0 Å². The lowest BCUT2D eigenvalue weighted by molar-refractivity contribution is -0.138. The van der Waals surface area contributed by atoms with Crippen LogP contribution in [0.15, 0.2) is 6.07 Å². The second-order valence-electron chi connectivity index (χ2n) is 4.82. The third kappa shape index (κ3) is 3.79. The molecular weight excluding hydrogens is 257 g/mol. The lowest BCUT2D eigenvalue weighted by Gasteiger charge is -2.24. The van der Waals surface area contributed by atoms with Crippen molar-refractivity contribution < 1.29 is 13.2 Å². The first-order chi connectivity index (χ1) is 8.85. The molecular formula is C12H17F3N4. The molecule has 0 radical (unpaired) electrons. The molecule has 1 fully saturated rings. The number of aromatic nitrogens is 2.